The number of rotatable bonds is 5. The minimum Gasteiger partial charge on any atom is -0.411 e. The first-order valence-electron chi connectivity index (χ1n) is 4.70. The van der Waals surface area contributed by atoms with E-state index in [1.807, 2.05) is 0 Å². The number of hydrogen-bond donors (Lipinski definition) is 2. The molecule has 2 N–H and O–H groups in total. The zero-order chi connectivity index (χ0) is 9.97. The first kappa shape index (κ1) is 9.42. The van der Waals surface area contributed by atoms with E-state index >= 15 is 0 Å². The lowest BCUT2D eigenvalue weighted by Crippen LogP contribution is -2.41. The van der Waals surface area contributed by atoms with Gasteiger partial charge in [0.2, 0.25) is 0 Å². The molecule has 6 heteroatoms. The van der Waals surface area contributed by atoms with Crippen LogP contribution in [0.4, 0.5) is 0 Å². The van der Waals surface area contributed by atoms with Crippen LogP contribution in [-0.2, 0) is 0 Å². The summed E-state index contributed by atoms with van der Waals surface area (Å²) in [7, 11) is 0. The van der Waals surface area contributed by atoms with E-state index in [-0.39, 0.29) is 12.1 Å². The normalized spacial score (nSPS) is 27.1. The molecule has 6 nitrogen and oxygen atoms in total. The lowest BCUT2D eigenvalue weighted by molar-refractivity contribution is 0.298. The van der Waals surface area contributed by atoms with Gasteiger partial charge in [-0.05, 0) is 0 Å². The molecule has 2 fully saturated rings. The molecule has 0 amide bonds. The molecule has 0 aromatic rings. The molecule has 0 saturated carbocycles. The Morgan fingerprint density at radius 3 is 1.43 bits per heavy atom. The van der Waals surface area contributed by atoms with Gasteiger partial charge in [0.25, 0.3) is 0 Å². The van der Waals surface area contributed by atoms with Crippen molar-refractivity contribution in [1.29, 1.82) is 0 Å². The number of oxime groups is 2. The van der Waals surface area contributed by atoms with Gasteiger partial charge in [0.1, 0.15) is 0 Å². The number of nitrogens with zero attached hydrogens (tertiary/aromatic N) is 4. The van der Waals surface area contributed by atoms with Crippen LogP contribution < -0.4 is 0 Å². The van der Waals surface area contributed by atoms with E-state index in [9.17, 15) is 0 Å². The van der Waals surface area contributed by atoms with Crippen molar-refractivity contribution in [3.63, 3.8) is 0 Å². The highest BCUT2D eigenvalue weighted by atomic mass is 16.4. The first-order chi connectivity index (χ1) is 6.86. The molecule has 0 bridgehead atoms. The maximum absolute atomic E-state index is 8.55. The highest BCUT2D eigenvalue weighted by Crippen LogP contribution is 2.20. The average Bonchev–Trinajstić information content (AvgIpc) is 3.05. The largest absolute Gasteiger partial charge is 0.411 e. The Labute approximate surface area is 82.1 Å². The van der Waals surface area contributed by atoms with Crippen LogP contribution in [0.25, 0.3) is 0 Å². The van der Waals surface area contributed by atoms with E-state index < -0.39 is 0 Å². The molecule has 2 rings (SSSR count). The van der Waals surface area contributed by atoms with Gasteiger partial charge in [-0.15, -0.1) is 10.3 Å². The summed E-state index contributed by atoms with van der Waals surface area (Å²) in [5.41, 5.74) is 0. The van der Waals surface area contributed by atoms with Gasteiger partial charge in [-0.1, -0.05) is 0 Å². The summed E-state index contributed by atoms with van der Waals surface area (Å²) in [4.78, 5) is 4.31. The molecule has 0 aliphatic carbocycles. The van der Waals surface area contributed by atoms with E-state index in [2.05, 4.69) is 20.1 Å². The summed E-state index contributed by atoms with van der Waals surface area (Å²) in [5.74, 6) is 0. The van der Waals surface area contributed by atoms with E-state index in [1.54, 1.807) is 0 Å². The van der Waals surface area contributed by atoms with Crippen LogP contribution in [0.5, 0.6) is 0 Å². The Morgan fingerprint density at radius 2 is 1.21 bits per heavy atom. The zero-order valence-electron chi connectivity index (χ0n) is 7.82. The standard InChI is InChI=1S/C8H14N4O2/c13-9-5-7(11-1-2-11)8(6-10-14)12-3-4-12/h5-8,13-14H,1-4H2/b9-5-,10-6-. The molecular formula is C8H14N4O2. The Kier molecular flexibility index (Phi) is 2.64. The van der Waals surface area contributed by atoms with Gasteiger partial charge >= 0.3 is 0 Å². The fourth-order valence-electron chi connectivity index (χ4n) is 1.65. The van der Waals surface area contributed by atoms with E-state index in [0.29, 0.717) is 0 Å². The Morgan fingerprint density at radius 1 is 0.857 bits per heavy atom. The molecular weight excluding hydrogens is 184 g/mol. The second-order valence-electron chi connectivity index (χ2n) is 3.58. The Bertz CT molecular complexity index is 222. The van der Waals surface area contributed by atoms with Crippen molar-refractivity contribution in [3.8, 4) is 0 Å². The molecule has 0 aromatic heterocycles. The van der Waals surface area contributed by atoms with E-state index in [4.69, 9.17) is 10.4 Å². The van der Waals surface area contributed by atoms with Crippen LogP contribution in [-0.4, -0.2) is 70.9 Å². The van der Waals surface area contributed by atoms with Gasteiger partial charge in [0, 0.05) is 26.2 Å². The lowest BCUT2D eigenvalue weighted by atomic mass is 10.1. The zero-order valence-corrected chi connectivity index (χ0v) is 7.82. The van der Waals surface area contributed by atoms with Crippen LogP contribution in [0, 0.1) is 0 Å². The summed E-state index contributed by atoms with van der Waals surface area (Å²) < 4.78 is 0. The third-order valence-corrected chi connectivity index (χ3v) is 2.60. The van der Waals surface area contributed by atoms with Crippen molar-refractivity contribution in [3.05, 3.63) is 0 Å². The van der Waals surface area contributed by atoms with Crippen LogP contribution in [0.3, 0.4) is 0 Å². The second-order valence-corrected chi connectivity index (χ2v) is 3.58. The molecule has 2 heterocycles. The van der Waals surface area contributed by atoms with Crippen LogP contribution in [0.2, 0.25) is 0 Å². The lowest BCUT2D eigenvalue weighted by Gasteiger charge is -2.21. The molecule has 2 unspecified atom stereocenters. The Hall–Kier alpha value is -1.14. The quantitative estimate of drug-likeness (QED) is 0.264. The highest BCUT2D eigenvalue weighted by Gasteiger charge is 2.39. The van der Waals surface area contributed by atoms with Gasteiger partial charge in [-0.2, -0.15) is 0 Å². The maximum Gasteiger partial charge on any atom is 0.0694 e. The topological polar surface area (TPSA) is 71.2 Å². The minimum absolute atomic E-state index is 0.0263. The van der Waals surface area contributed by atoms with Crippen molar-refractivity contribution < 1.29 is 10.4 Å². The summed E-state index contributed by atoms with van der Waals surface area (Å²) in [6.07, 6.45) is 3.00. The maximum atomic E-state index is 8.55. The monoisotopic (exact) mass is 198 g/mol. The third kappa shape index (κ3) is 2.02. The number of hydrogen-bond acceptors (Lipinski definition) is 6. The Balaban J connectivity index is 2.04. The van der Waals surface area contributed by atoms with E-state index in [0.717, 1.165) is 26.2 Å². The summed E-state index contributed by atoms with van der Waals surface area (Å²) in [6.45, 7) is 4.06. The molecule has 2 aliphatic heterocycles. The minimum atomic E-state index is 0.0263. The molecule has 0 radical (unpaired) electrons. The van der Waals surface area contributed by atoms with Crippen LogP contribution in [0.15, 0.2) is 10.3 Å². The van der Waals surface area contributed by atoms with Crippen LogP contribution >= 0.6 is 0 Å². The first-order valence-corrected chi connectivity index (χ1v) is 4.70. The average molecular weight is 198 g/mol. The van der Waals surface area contributed by atoms with Crippen molar-refractivity contribution in [1.82, 2.24) is 9.80 Å². The predicted octanol–water partition coefficient (Wildman–Crippen LogP) is -0.725. The SMILES string of the molecule is O/N=C\C(C(/C=N\O)N1CC1)N1CC1. The molecule has 0 spiro atoms. The molecule has 78 valence electrons. The molecule has 0 aromatic carbocycles. The third-order valence-electron chi connectivity index (χ3n) is 2.60. The van der Waals surface area contributed by atoms with Gasteiger partial charge in [0.15, 0.2) is 0 Å². The fourth-order valence-corrected chi connectivity index (χ4v) is 1.65. The second kappa shape index (κ2) is 3.93. The predicted molar refractivity (Wildman–Crippen MR) is 51.3 cm³/mol. The molecule has 2 saturated heterocycles. The highest BCUT2D eigenvalue weighted by molar-refractivity contribution is 5.76. The molecule has 2 aliphatic rings. The van der Waals surface area contributed by atoms with Crippen LogP contribution in [0.1, 0.15) is 0 Å². The van der Waals surface area contributed by atoms with Gasteiger partial charge in [0.05, 0.1) is 24.5 Å². The van der Waals surface area contributed by atoms with Gasteiger partial charge < -0.3 is 10.4 Å². The van der Waals surface area contributed by atoms with Crippen molar-refractivity contribution in [2.75, 3.05) is 26.2 Å². The van der Waals surface area contributed by atoms with Gasteiger partial charge in [-0.3, -0.25) is 9.80 Å². The van der Waals surface area contributed by atoms with Gasteiger partial charge in [-0.25, -0.2) is 0 Å². The fraction of sp³-hybridized carbons (Fsp3) is 0.750. The van der Waals surface area contributed by atoms with Crippen molar-refractivity contribution in [2.24, 2.45) is 10.3 Å². The summed E-state index contributed by atoms with van der Waals surface area (Å²) in [5, 5.41) is 23.2. The van der Waals surface area contributed by atoms with Crippen molar-refractivity contribution in [2.45, 2.75) is 12.1 Å². The smallest absolute Gasteiger partial charge is 0.0694 e. The van der Waals surface area contributed by atoms with Crippen molar-refractivity contribution >= 4 is 12.4 Å². The molecule has 2 atom stereocenters. The van der Waals surface area contributed by atoms with E-state index in [1.165, 1.54) is 12.4 Å². The summed E-state index contributed by atoms with van der Waals surface area (Å²) >= 11 is 0. The molecule has 14 heavy (non-hydrogen) atoms. The summed E-state index contributed by atoms with van der Waals surface area (Å²) in [6, 6.07) is 0.0526.